The first-order valence-electron chi connectivity index (χ1n) is 4.20. The van der Waals surface area contributed by atoms with E-state index in [1.165, 1.54) is 18.2 Å². The van der Waals surface area contributed by atoms with Gasteiger partial charge in [0, 0.05) is 11.6 Å². The third-order valence-electron chi connectivity index (χ3n) is 1.73. The summed E-state index contributed by atoms with van der Waals surface area (Å²) >= 11 is 0. The number of benzene rings is 1. The molecule has 0 aliphatic heterocycles. The van der Waals surface area contributed by atoms with Gasteiger partial charge in [-0.05, 0) is 13.0 Å². The van der Waals surface area contributed by atoms with Gasteiger partial charge in [0.15, 0.2) is 0 Å². The van der Waals surface area contributed by atoms with Crippen molar-refractivity contribution in [3.05, 3.63) is 33.9 Å². The van der Waals surface area contributed by atoms with E-state index in [9.17, 15) is 10.1 Å². The molecule has 5 heteroatoms. The molecule has 0 aliphatic carbocycles. The van der Waals surface area contributed by atoms with E-state index < -0.39 is 4.92 Å². The molecule has 0 atom stereocenters. The second-order valence-corrected chi connectivity index (χ2v) is 2.64. The van der Waals surface area contributed by atoms with E-state index >= 15 is 0 Å². The van der Waals surface area contributed by atoms with Gasteiger partial charge in [-0.3, -0.25) is 10.1 Å². The van der Waals surface area contributed by atoms with Crippen molar-refractivity contribution in [1.29, 1.82) is 0 Å². The normalized spacial score (nSPS) is 9.86. The predicted octanol–water partition coefficient (Wildman–Crippen LogP) is 1.49. The summed E-state index contributed by atoms with van der Waals surface area (Å²) in [5, 5.41) is 19.4. The number of nitrogens with zero attached hydrogens (tertiary/aromatic N) is 1. The smallest absolute Gasteiger partial charge is 0.273 e. The van der Waals surface area contributed by atoms with Crippen LogP contribution in [0.3, 0.4) is 0 Å². The lowest BCUT2D eigenvalue weighted by atomic mass is 10.2. The summed E-state index contributed by atoms with van der Waals surface area (Å²) in [4.78, 5) is 9.95. The maximum absolute atomic E-state index is 10.4. The number of aliphatic hydroxyl groups excluding tert-OH is 1. The van der Waals surface area contributed by atoms with Gasteiger partial charge in [-0.15, -0.1) is 0 Å². The molecular formula is C9H11NO4. The molecule has 0 saturated heterocycles. The minimum absolute atomic E-state index is 0.0364. The van der Waals surface area contributed by atoms with Crippen LogP contribution in [0.25, 0.3) is 0 Å². The summed E-state index contributed by atoms with van der Waals surface area (Å²) in [5.74, 6) is 0.365. The third-order valence-corrected chi connectivity index (χ3v) is 1.73. The Bertz CT molecular complexity index is 338. The second-order valence-electron chi connectivity index (χ2n) is 2.64. The fourth-order valence-corrected chi connectivity index (χ4v) is 1.08. The molecule has 0 radical (unpaired) electrons. The molecule has 1 rings (SSSR count). The van der Waals surface area contributed by atoms with Crippen molar-refractivity contribution < 1.29 is 14.8 Å². The molecule has 1 aromatic carbocycles. The first-order valence-corrected chi connectivity index (χ1v) is 4.20. The van der Waals surface area contributed by atoms with Crippen LogP contribution in [0.5, 0.6) is 5.75 Å². The number of non-ortho nitro benzene ring substituents is 1. The van der Waals surface area contributed by atoms with Crippen LogP contribution in [0.4, 0.5) is 5.69 Å². The highest BCUT2D eigenvalue weighted by atomic mass is 16.6. The van der Waals surface area contributed by atoms with Gasteiger partial charge in [0.1, 0.15) is 5.75 Å². The van der Waals surface area contributed by atoms with Gasteiger partial charge in [-0.1, -0.05) is 0 Å². The molecule has 0 saturated carbocycles. The molecule has 0 aromatic heterocycles. The molecule has 0 unspecified atom stereocenters. The van der Waals surface area contributed by atoms with Crippen LogP contribution in [0.15, 0.2) is 18.2 Å². The number of nitro benzene ring substituents is 1. The van der Waals surface area contributed by atoms with Gasteiger partial charge in [0.05, 0.1) is 24.2 Å². The Morgan fingerprint density at radius 1 is 1.57 bits per heavy atom. The van der Waals surface area contributed by atoms with Gasteiger partial charge >= 0.3 is 0 Å². The Labute approximate surface area is 81.1 Å². The van der Waals surface area contributed by atoms with Crippen LogP contribution in [-0.4, -0.2) is 16.6 Å². The summed E-state index contributed by atoms with van der Waals surface area (Å²) < 4.78 is 5.15. The van der Waals surface area contributed by atoms with Gasteiger partial charge in [0.25, 0.3) is 5.69 Å². The van der Waals surface area contributed by atoms with Crippen molar-refractivity contribution in [2.75, 3.05) is 6.61 Å². The average Bonchev–Trinajstić information content (AvgIpc) is 2.18. The first kappa shape index (κ1) is 10.5. The molecule has 1 aromatic rings. The van der Waals surface area contributed by atoms with Crippen LogP contribution in [0.2, 0.25) is 0 Å². The molecule has 0 heterocycles. The van der Waals surface area contributed by atoms with Crippen molar-refractivity contribution in [2.24, 2.45) is 0 Å². The maximum atomic E-state index is 10.4. The minimum atomic E-state index is -0.496. The van der Waals surface area contributed by atoms with E-state index in [0.29, 0.717) is 17.9 Å². The zero-order valence-electron chi connectivity index (χ0n) is 7.77. The van der Waals surface area contributed by atoms with Crippen LogP contribution in [0, 0.1) is 10.1 Å². The Balaban J connectivity index is 3.07. The summed E-state index contributed by atoms with van der Waals surface area (Å²) in [6.07, 6.45) is 0. The lowest BCUT2D eigenvalue weighted by Crippen LogP contribution is -1.98. The first-order chi connectivity index (χ1) is 6.69. The Hall–Kier alpha value is -1.62. The average molecular weight is 197 g/mol. The summed E-state index contributed by atoms with van der Waals surface area (Å²) in [7, 11) is 0. The lowest BCUT2D eigenvalue weighted by molar-refractivity contribution is -0.385. The molecule has 14 heavy (non-hydrogen) atoms. The van der Waals surface area contributed by atoms with Crippen LogP contribution < -0.4 is 4.74 Å². The van der Waals surface area contributed by atoms with Crippen LogP contribution in [-0.2, 0) is 6.61 Å². The van der Waals surface area contributed by atoms with Crippen molar-refractivity contribution >= 4 is 5.69 Å². The number of hydrogen-bond donors (Lipinski definition) is 1. The molecule has 76 valence electrons. The highest BCUT2D eigenvalue weighted by Crippen LogP contribution is 2.24. The molecule has 0 bridgehead atoms. The van der Waals surface area contributed by atoms with Crippen molar-refractivity contribution in [3.63, 3.8) is 0 Å². The van der Waals surface area contributed by atoms with E-state index in [-0.39, 0.29) is 12.3 Å². The van der Waals surface area contributed by atoms with Gasteiger partial charge < -0.3 is 9.84 Å². The highest BCUT2D eigenvalue weighted by molar-refractivity contribution is 5.44. The fraction of sp³-hybridized carbons (Fsp3) is 0.333. The molecule has 5 nitrogen and oxygen atoms in total. The zero-order valence-corrected chi connectivity index (χ0v) is 7.77. The second kappa shape index (κ2) is 4.57. The number of ether oxygens (including phenoxy) is 1. The molecule has 0 amide bonds. The standard InChI is InChI=1S/C9H11NO4/c1-2-14-9-5-8(10(12)13)4-3-7(9)6-11/h3-5,11H,2,6H2,1H3. The van der Waals surface area contributed by atoms with E-state index in [0.717, 1.165) is 0 Å². The van der Waals surface area contributed by atoms with Gasteiger partial charge in [0.2, 0.25) is 0 Å². The molecule has 0 fully saturated rings. The monoisotopic (exact) mass is 197 g/mol. The number of rotatable bonds is 4. The largest absolute Gasteiger partial charge is 0.493 e. The molecule has 0 spiro atoms. The Kier molecular flexibility index (Phi) is 3.41. The summed E-state index contributed by atoms with van der Waals surface area (Å²) in [6, 6.07) is 4.15. The van der Waals surface area contributed by atoms with E-state index in [1.807, 2.05) is 0 Å². The molecule has 1 N–H and O–H groups in total. The zero-order chi connectivity index (χ0) is 10.6. The number of nitro groups is 1. The van der Waals surface area contributed by atoms with E-state index in [4.69, 9.17) is 9.84 Å². The topological polar surface area (TPSA) is 72.6 Å². The van der Waals surface area contributed by atoms with Gasteiger partial charge in [-0.2, -0.15) is 0 Å². The lowest BCUT2D eigenvalue weighted by Gasteiger charge is -2.07. The molecular weight excluding hydrogens is 186 g/mol. The summed E-state index contributed by atoms with van der Waals surface area (Å²) in [6.45, 7) is 2.00. The van der Waals surface area contributed by atoms with Crippen molar-refractivity contribution in [2.45, 2.75) is 13.5 Å². The third kappa shape index (κ3) is 2.20. The van der Waals surface area contributed by atoms with E-state index in [1.54, 1.807) is 6.92 Å². The highest BCUT2D eigenvalue weighted by Gasteiger charge is 2.10. The SMILES string of the molecule is CCOc1cc([N+](=O)[O-])ccc1CO. The number of hydrogen-bond acceptors (Lipinski definition) is 4. The van der Waals surface area contributed by atoms with Crippen LogP contribution >= 0.6 is 0 Å². The van der Waals surface area contributed by atoms with Crippen molar-refractivity contribution in [1.82, 2.24) is 0 Å². The van der Waals surface area contributed by atoms with Crippen molar-refractivity contribution in [3.8, 4) is 5.75 Å². The Morgan fingerprint density at radius 3 is 2.79 bits per heavy atom. The van der Waals surface area contributed by atoms with Gasteiger partial charge in [-0.25, -0.2) is 0 Å². The predicted molar refractivity (Wildman–Crippen MR) is 50.2 cm³/mol. The number of aliphatic hydroxyl groups is 1. The van der Waals surface area contributed by atoms with E-state index in [2.05, 4.69) is 0 Å². The van der Waals surface area contributed by atoms with Crippen LogP contribution in [0.1, 0.15) is 12.5 Å². The minimum Gasteiger partial charge on any atom is -0.493 e. The molecule has 0 aliphatic rings. The Morgan fingerprint density at radius 2 is 2.29 bits per heavy atom. The quantitative estimate of drug-likeness (QED) is 0.586. The summed E-state index contributed by atoms with van der Waals surface area (Å²) in [5.41, 5.74) is 0.517. The maximum Gasteiger partial charge on any atom is 0.273 e. The fourth-order valence-electron chi connectivity index (χ4n) is 1.08.